The second-order valence-corrected chi connectivity index (χ2v) is 9.57. The first-order valence-electron chi connectivity index (χ1n) is 11.2. The van der Waals surface area contributed by atoms with E-state index < -0.39 is 6.04 Å². The van der Waals surface area contributed by atoms with Crippen LogP contribution >= 0.6 is 11.6 Å². The van der Waals surface area contributed by atoms with E-state index in [4.69, 9.17) is 11.6 Å². The van der Waals surface area contributed by atoms with Crippen LogP contribution in [0.4, 0.5) is 11.4 Å². The fourth-order valence-electron chi connectivity index (χ4n) is 5.04. The Morgan fingerprint density at radius 3 is 2.21 bits per heavy atom. The van der Waals surface area contributed by atoms with Crippen molar-refractivity contribution in [2.75, 3.05) is 11.4 Å². The number of rotatable bonds is 3. The van der Waals surface area contributed by atoms with Gasteiger partial charge in [0.1, 0.15) is 6.04 Å². The minimum atomic E-state index is -0.449. The smallest absolute Gasteiger partial charge is 0.265 e. The number of para-hydroxylation sites is 2. The van der Waals surface area contributed by atoms with Crippen molar-refractivity contribution in [3.8, 4) is 0 Å². The van der Waals surface area contributed by atoms with Crippen LogP contribution in [0.2, 0.25) is 5.02 Å². The molecule has 3 aromatic rings. The number of hydrogen-bond acceptors (Lipinski definition) is 3. The normalized spacial score (nSPS) is 19.0. The predicted octanol–water partition coefficient (Wildman–Crippen LogP) is 5.45. The highest BCUT2D eigenvalue weighted by Gasteiger charge is 2.42. The average molecular weight is 460 g/mol. The van der Waals surface area contributed by atoms with Crippen molar-refractivity contribution in [2.45, 2.75) is 38.1 Å². The number of fused-ring (bicyclic) bond motifs is 2. The Hall–Kier alpha value is -3.15. The van der Waals surface area contributed by atoms with Gasteiger partial charge in [-0.15, -0.1) is 0 Å². The Labute approximate surface area is 198 Å². The van der Waals surface area contributed by atoms with E-state index in [1.165, 1.54) is 0 Å². The van der Waals surface area contributed by atoms with Crippen molar-refractivity contribution in [1.29, 1.82) is 0 Å². The first kappa shape index (κ1) is 21.7. The molecule has 2 amide bonds. The SMILES string of the molecule is CC1(C)c2ccccc2N(C(=O)C2CCCN2NC(=O)c2cccc(Cl)c2)c2ccccc21. The van der Waals surface area contributed by atoms with Crippen molar-refractivity contribution >= 4 is 34.8 Å². The van der Waals surface area contributed by atoms with Crippen LogP contribution in [0.5, 0.6) is 0 Å². The quantitative estimate of drug-likeness (QED) is 0.566. The van der Waals surface area contributed by atoms with Gasteiger partial charge in [0.15, 0.2) is 0 Å². The first-order chi connectivity index (χ1) is 15.9. The van der Waals surface area contributed by atoms with E-state index in [1.54, 1.807) is 29.3 Å². The maximum absolute atomic E-state index is 14.0. The highest BCUT2D eigenvalue weighted by molar-refractivity contribution is 6.31. The number of hydrazine groups is 1. The molecule has 0 bridgehead atoms. The van der Waals surface area contributed by atoms with E-state index in [2.05, 4.69) is 31.4 Å². The second-order valence-electron chi connectivity index (χ2n) is 9.14. The van der Waals surface area contributed by atoms with E-state index in [1.807, 2.05) is 41.3 Å². The maximum atomic E-state index is 14.0. The summed E-state index contributed by atoms with van der Waals surface area (Å²) in [5.41, 5.74) is 7.23. The molecule has 1 saturated heterocycles. The third-order valence-corrected chi connectivity index (χ3v) is 6.96. The van der Waals surface area contributed by atoms with Crippen LogP contribution in [0.3, 0.4) is 0 Å². The van der Waals surface area contributed by atoms with Crippen LogP contribution < -0.4 is 10.3 Å². The average Bonchev–Trinajstić information content (AvgIpc) is 3.27. The van der Waals surface area contributed by atoms with Gasteiger partial charge in [0, 0.05) is 22.5 Å². The summed E-state index contributed by atoms with van der Waals surface area (Å²) in [7, 11) is 0. The highest BCUT2D eigenvalue weighted by atomic mass is 35.5. The largest absolute Gasteiger partial charge is 0.284 e. The molecule has 0 saturated carbocycles. The lowest BCUT2D eigenvalue weighted by Gasteiger charge is -2.42. The Morgan fingerprint density at radius 2 is 1.58 bits per heavy atom. The molecule has 3 aromatic carbocycles. The van der Waals surface area contributed by atoms with E-state index >= 15 is 0 Å². The van der Waals surface area contributed by atoms with Crippen LogP contribution in [-0.2, 0) is 10.2 Å². The number of nitrogens with zero attached hydrogens (tertiary/aromatic N) is 2. The number of nitrogens with one attached hydrogen (secondary N) is 1. The Morgan fingerprint density at radius 1 is 0.939 bits per heavy atom. The molecule has 6 heteroatoms. The maximum Gasteiger partial charge on any atom is 0.265 e. The molecule has 0 aliphatic carbocycles. The molecular formula is C27H26ClN3O2. The summed E-state index contributed by atoms with van der Waals surface area (Å²) in [5.74, 6) is -0.299. The zero-order valence-corrected chi connectivity index (χ0v) is 19.5. The highest BCUT2D eigenvalue weighted by Crippen LogP contribution is 2.49. The monoisotopic (exact) mass is 459 g/mol. The minimum Gasteiger partial charge on any atom is -0.284 e. The molecule has 1 fully saturated rings. The number of carbonyl (C=O) groups is 2. The topological polar surface area (TPSA) is 52.7 Å². The van der Waals surface area contributed by atoms with Crippen LogP contribution in [0.25, 0.3) is 0 Å². The molecule has 1 atom stereocenters. The number of carbonyl (C=O) groups excluding carboxylic acids is 2. The third-order valence-electron chi connectivity index (χ3n) is 6.73. The van der Waals surface area contributed by atoms with Gasteiger partial charge in [-0.25, -0.2) is 5.01 Å². The molecule has 2 heterocycles. The Balaban J connectivity index is 1.48. The minimum absolute atomic E-state index is 0.0331. The number of amides is 2. The van der Waals surface area contributed by atoms with Gasteiger partial charge < -0.3 is 0 Å². The molecule has 5 nitrogen and oxygen atoms in total. The van der Waals surface area contributed by atoms with Crippen LogP contribution in [-0.4, -0.2) is 29.4 Å². The van der Waals surface area contributed by atoms with E-state index in [9.17, 15) is 9.59 Å². The van der Waals surface area contributed by atoms with Gasteiger partial charge in [0.2, 0.25) is 0 Å². The molecule has 1 N–H and O–H groups in total. The Bertz CT molecular complexity index is 1190. The van der Waals surface area contributed by atoms with Crippen LogP contribution in [0.15, 0.2) is 72.8 Å². The summed E-state index contributed by atoms with van der Waals surface area (Å²) < 4.78 is 0. The number of halogens is 1. The Kier molecular flexibility index (Phi) is 5.47. The summed E-state index contributed by atoms with van der Waals surface area (Å²) >= 11 is 6.05. The van der Waals surface area contributed by atoms with Crippen molar-refractivity contribution < 1.29 is 9.59 Å². The zero-order chi connectivity index (χ0) is 23.2. The van der Waals surface area contributed by atoms with Crippen molar-refractivity contribution in [2.24, 2.45) is 0 Å². The number of benzene rings is 3. The van der Waals surface area contributed by atoms with Gasteiger partial charge in [-0.05, 0) is 54.3 Å². The lowest BCUT2D eigenvalue weighted by molar-refractivity contribution is -0.122. The van der Waals surface area contributed by atoms with Crippen LogP contribution in [0.1, 0.15) is 48.2 Å². The van der Waals surface area contributed by atoms with Gasteiger partial charge in [-0.1, -0.05) is 67.9 Å². The van der Waals surface area contributed by atoms with Crippen molar-refractivity contribution in [1.82, 2.24) is 10.4 Å². The van der Waals surface area contributed by atoms with Crippen LogP contribution in [0, 0.1) is 0 Å². The summed E-state index contributed by atoms with van der Waals surface area (Å²) in [5, 5.41) is 2.28. The molecular weight excluding hydrogens is 434 g/mol. The summed E-state index contributed by atoms with van der Waals surface area (Å²) in [6.45, 7) is 5.00. The van der Waals surface area contributed by atoms with Gasteiger partial charge in [0.05, 0.1) is 11.4 Å². The molecule has 0 spiro atoms. The molecule has 1 unspecified atom stereocenters. The molecule has 168 valence electrons. The van der Waals surface area contributed by atoms with E-state index in [0.29, 0.717) is 23.6 Å². The van der Waals surface area contributed by atoms with Gasteiger partial charge in [0.25, 0.3) is 11.8 Å². The summed E-state index contributed by atoms with van der Waals surface area (Å²) in [6.07, 6.45) is 1.51. The standard InChI is InChI=1S/C27H26ClN3O2/c1-27(2)20-11-3-5-13-22(20)31(23-14-6-4-12-21(23)27)26(33)24-15-8-16-30(24)29-25(32)18-9-7-10-19(28)17-18/h3-7,9-14,17,24H,8,15-16H2,1-2H3,(H,29,32). The molecule has 2 aliphatic rings. The summed E-state index contributed by atoms with van der Waals surface area (Å²) in [6, 6.07) is 22.6. The van der Waals surface area contributed by atoms with Crippen molar-refractivity contribution in [3.63, 3.8) is 0 Å². The molecule has 0 radical (unpaired) electrons. The second kappa shape index (κ2) is 8.32. The number of hydrogen-bond donors (Lipinski definition) is 1. The molecule has 0 aromatic heterocycles. The first-order valence-corrected chi connectivity index (χ1v) is 11.6. The lowest BCUT2D eigenvalue weighted by atomic mass is 9.73. The predicted molar refractivity (Wildman–Crippen MR) is 131 cm³/mol. The lowest BCUT2D eigenvalue weighted by Crippen LogP contribution is -2.52. The zero-order valence-electron chi connectivity index (χ0n) is 18.7. The molecule has 5 rings (SSSR count). The third kappa shape index (κ3) is 3.71. The van der Waals surface area contributed by atoms with E-state index in [-0.39, 0.29) is 17.2 Å². The molecule has 33 heavy (non-hydrogen) atoms. The van der Waals surface area contributed by atoms with Gasteiger partial charge >= 0.3 is 0 Å². The fraction of sp³-hybridized carbons (Fsp3) is 0.259. The number of anilines is 2. The van der Waals surface area contributed by atoms with Crippen molar-refractivity contribution in [3.05, 3.63) is 94.5 Å². The van der Waals surface area contributed by atoms with Gasteiger partial charge in [-0.2, -0.15) is 0 Å². The molecule has 2 aliphatic heterocycles. The van der Waals surface area contributed by atoms with Gasteiger partial charge in [-0.3, -0.25) is 19.9 Å². The summed E-state index contributed by atoms with van der Waals surface area (Å²) in [4.78, 5) is 28.7. The fourth-order valence-corrected chi connectivity index (χ4v) is 5.23. The van der Waals surface area contributed by atoms with E-state index in [0.717, 1.165) is 28.9 Å².